The van der Waals surface area contributed by atoms with Crippen molar-refractivity contribution in [2.45, 2.75) is 40.0 Å². The van der Waals surface area contributed by atoms with Gasteiger partial charge in [0.15, 0.2) is 0 Å². The first kappa shape index (κ1) is 15.5. The standard InChI is InChI=1S/C15H25N3O/c1-4-5-9-17-15(19)13-6-7-14(18-11-13)16-10-8-12(2)3/h6-7,11-12H,4-5,8-10H2,1-3H3,(H,16,18)(H,17,19). The minimum absolute atomic E-state index is 0.0466. The van der Waals surface area contributed by atoms with Gasteiger partial charge in [-0.1, -0.05) is 27.2 Å². The van der Waals surface area contributed by atoms with Crippen LogP contribution in [-0.2, 0) is 0 Å². The van der Waals surface area contributed by atoms with Crippen molar-refractivity contribution in [2.75, 3.05) is 18.4 Å². The van der Waals surface area contributed by atoms with Gasteiger partial charge in [-0.15, -0.1) is 0 Å². The molecule has 0 aliphatic heterocycles. The first-order valence-corrected chi connectivity index (χ1v) is 7.11. The summed E-state index contributed by atoms with van der Waals surface area (Å²) in [7, 11) is 0. The average molecular weight is 263 g/mol. The second kappa shape index (κ2) is 8.51. The van der Waals surface area contributed by atoms with Gasteiger partial charge in [0, 0.05) is 19.3 Å². The third-order valence-electron chi connectivity index (χ3n) is 2.87. The van der Waals surface area contributed by atoms with Crippen molar-refractivity contribution < 1.29 is 4.79 Å². The predicted molar refractivity (Wildman–Crippen MR) is 79.4 cm³/mol. The third kappa shape index (κ3) is 6.22. The van der Waals surface area contributed by atoms with E-state index in [1.165, 1.54) is 0 Å². The molecule has 0 spiro atoms. The Morgan fingerprint density at radius 2 is 2.11 bits per heavy atom. The Bertz CT molecular complexity index is 373. The van der Waals surface area contributed by atoms with Gasteiger partial charge in [0.2, 0.25) is 0 Å². The molecule has 4 nitrogen and oxygen atoms in total. The first-order valence-electron chi connectivity index (χ1n) is 7.11. The number of rotatable bonds is 8. The number of aromatic nitrogens is 1. The molecule has 1 aromatic rings. The molecule has 1 rings (SSSR count). The normalized spacial score (nSPS) is 10.5. The fourth-order valence-electron chi connectivity index (χ4n) is 1.60. The minimum Gasteiger partial charge on any atom is -0.370 e. The van der Waals surface area contributed by atoms with Crippen molar-refractivity contribution >= 4 is 11.7 Å². The fraction of sp³-hybridized carbons (Fsp3) is 0.600. The molecule has 19 heavy (non-hydrogen) atoms. The molecule has 4 heteroatoms. The molecule has 2 N–H and O–H groups in total. The van der Waals surface area contributed by atoms with Crippen LogP contribution in [-0.4, -0.2) is 24.0 Å². The summed E-state index contributed by atoms with van der Waals surface area (Å²) in [5.41, 5.74) is 0.616. The van der Waals surface area contributed by atoms with Crippen LogP contribution in [0.15, 0.2) is 18.3 Å². The maximum absolute atomic E-state index is 11.8. The van der Waals surface area contributed by atoms with E-state index in [1.807, 2.05) is 12.1 Å². The number of unbranched alkanes of at least 4 members (excludes halogenated alkanes) is 1. The molecular weight excluding hydrogens is 238 g/mol. The number of anilines is 1. The van der Waals surface area contributed by atoms with Crippen LogP contribution in [0.3, 0.4) is 0 Å². The second-order valence-electron chi connectivity index (χ2n) is 5.15. The molecule has 0 atom stereocenters. The molecule has 0 radical (unpaired) electrons. The second-order valence-corrected chi connectivity index (χ2v) is 5.15. The van der Waals surface area contributed by atoms with Gasteiger partial charge >= 0.3 is 0 Å². The van der Waals surface area contributed by atoms with Crippen molar-refractivity contribution in [3.05, 3.63) is 23.9 Å². The largest absolute Gasteiger partial charge is 0.370 e. The lowest BCUT2D eigenvalue weighted by atomic mass is 10.1. The van der Waals surface area contributed by atoms with Gasteiger partial charge in [-0.05, 0) is 30.9 Å². The van der Waals surface area contributed by atoms with Crippen molar-refractivity contribution in [1.29, 1.82) is 0 Å². The van der Waals surface area contributed by atoms with Crippen molar-refractivity contribution in [3.8, 4) is 0 Å². The van der Waals surface area contributed by atoms with E-state index >= 15 is 0 Å². The number of hydrogen-bond acceptors (Lipinski definition) is 3. The van der Waals surface area contributed by atoms with Crippen LogP contribution >= 0.6 is 0 Å². The smallest absolute Gasteiger partial charge is 0.252 e. The van der Waals surface area contributed by atoms with Crippen LogP contribution in [0.5, 0.6) is 0 Å². The van der Waals surface area contributed by atoms with Crippen molar-refractivity contribution in [2.24, 2.45) is 5.92 Å². The highest BCUT2D eigenvalue weighted by molar-refractivity contribution is 5.93. The van der Waals surface area contributed by atoms with Crippen LogP contribution in [0.2, 0.25) is 0 Å². The summed E-state index contributed by atoms with van der Waals surface area (Å²) in [5.74, 6) is 1.46. The Labute approximate surface area is 116 Å². The predicted octanol–water partition coefficient (Wildman–Crippen LogP) is 3.07. The Morgan fingerprint density at radius 1 is 1.32 bits per heavy atom. The highest BCUT2D eigenvalue weighted by Gasteiger charge is 2.05. The maximum atomic E-state index is 11.8. The molecule has 0 bridgehead atoms. The SMILES string of the molecule is CCCCNC(=O)c1ccc(NCCC(C)C)nc1. The van der Waals surface area contributed by atoms with Gasteiger partial charge < -0.3 is 10.6 Å². The fourth-order valence-corrected chi connectivity index (χ4v) is 1.60. The van der Waals surface area contributed by atoms with E-state index < -0.39 is 0 Å². The lowest BCUT2D eigenvalue weighted by molar-refractivity contribution is 0.0953. The molecule has 0 saturated heterocycles. The summed E-state index contributed by atoms with van der Waals surface area (Å²) in [4.78, 5) is 16.0. The number of pyridine rings is 1. The zero-order valence-electron chi connectivity index (χ0n) is 12.2. The van der Waals surface area contributed by atoms with E-state index in [0.717, 1.165) is 38.2 Å². The zero-order valence-corrected chi connectivity index (χ0v) is 12.2. The zero-order chi connectivity index (χ0) is 14.1. The average Bonchev–Trinajstić information content (AvgIpc) is 2.39. The first-order chi connectivity index (χ1) is 9.13. The summed E-state index contributed by atoms with van der Waals surface area (Å²) >= 11 is 0. The lowest BCUT2D eigenvalue weighted by Crippen LogP contribution is -2.24. The van der Waals surface area contributed by atoms with Crippen molar-refractivity contribution in [1.82, 2.24) is 10.3 Å². The van der Waals surface area contributed by atoms with Crippen LogP contribution in [0.25, 0.3) is 0 Å². The van der Waals surface area contributed by atoms with Crippen LogP contribution < -0.4 is 10.6 Å². The Morgan fingerprint density at radius 3 is 2.68 bits per heavy atom. The highest BCUT2D eigenvalue weighted by Crippen LogP contribution is 2.06. The Balaban J connectivity index is 2.40. The number of amides is 1. The summed E-state index contributed by atoms with van der Waals surface area (Å²) in [6.45, 7) is 8.12. The maximum Gasteiger partial charge on any atom is 0.252 e. The number of nitrogens with one attached hydrogen (secondary N) is 2. The van der Waals surface area contributed by atoms with Gasteiger partial charge in [0.25, 0.3) is 5.91 Å². The monoisotopic (exact) mass is 263 g/mol. The van der Waals surface area contributed by atoms with E-state index in [0.29, 0.717) is 11.5 Å². The highest BCUT2D eigenvalue weighted by atomic mass is 16.1. The summed E-state index contributed by atoms with van der Waals surface area (Å²) < 4.78 is 0. The minimum atomic E-state index is -0.0466. The van der Waals surface area contributed by atoms with Gasteiger partial charge in [-0.25, -0.2) is 4.98 Å². The lowest BCUT2D eigenvalue weighted by Gasteiger charge is -2.08. The van der Waals surface area contributed by atoms with Gasteiger partial charge in [0.05, 0.1) is 5.56 Å². The molecule has 1 heterocycles. The van der Waals surface area contributed by atoms with Crippen LogP contribution in [0.4, 0.5) is 5.82 Å². The van der Waals surface area contributed by atoms with Crippen LogP contribution in [0.1, 0.15) is 50.4 Å². The molecule has 0 unspecified atom stereocenters. The molecular formula is C15H25N3O. The van der Waals surface area contributed by atoms with E-state index in [2.05, 4.69) is 36.4 Å². The molecule has 0 aliphatic carbocycles. The summed E-state index contributed by atoms with van der Waals surface area (Å²) in [6, 6.07) is 3.67. The van der Waals surface area contributed by atoms with Crippen LogP contribution in [0, 0.1) is 5.92 Å². The molecule has 0 saturated carbocycles. The number of hydrogen-bond donors (Lipinski definition) is 2. The summed E-state index contributed by atoms with van der Waals surface area (Å²) in [5, 5.41) is 6.13. The quantitative estimate of drug-likeness (QED) is 0.709. The van der Waals surface area contributed by atoms with Gasteiger partial charge in [-0.2, -0.15) is 0 Å². The van der Waals surface area contributed by atoms with E-state index in [1.54, 1.807) is 6.20 Å². The number of carbonyl (C=O) groups excluding carboxylic acids is 1. The van der Waals surface area contributed by atoms with Gasteiger partial charge in [0.1, 0.15) is 5.82 Å². The number of carbonyl (C=O) groups is 1. The van der Waals surface area contributed by atoms with E-state index in [-0.39, 0.29) is 5.91 Å². The molecule has 0 fully saturated rings. The molecule has 0 aromatic carbocycles. The van der Waals surface area contributed by atoms with Crippen molar-refractivity contribution in [3.63, 3.8) is 0 Å². The topological polar surface area (TPSA) is 54.0 Å². The third-order valence-corrected chi connectivity index (χ3v) is 2.87. The van der Waals surface area contributed by atoms with Gasteiger partial charge in [-0.3, -0.25) is 4.79 Å². The van der Waals surface area contributed by atoms with E-state index in [9.17, 15) is 4.79 Å². The Kier molecular flexibility index (Phi) is 6.93. The molecule has 106 valence electrons. The molecule has 1 aromatic heterocycles. The molecule has 0 aliphatic rings. The number of nitrogens with zero attached hydrogens (tertiary/aromatic N) is 1. The van der Waals surface area contributed by atoms with E-state index in [4.69, 9.17) is 0 Å². The Hall–Kier alpha value is -1.58. The molecule has 1 amide bonds. The summed E-state index contributed by atoms with van der Waals surface area (Å²) in [6.07, 6.45) is 4.82.